The maximum absolute atomic E-state index is 11.5. The summed E-state index contributed by atoms with van der Waals surface area (Å²) in [5, 5.41) is 5.07. The summed E-state index contributed by atoms with van der Waals surface area (Å²) in [5.74, 6) is 1.31. The Morgan fingerprint density at radius 1 is 1.25 bits per heavy atom. The molecule has 0 fully saturated rings. The predicted octanol–water partition coefficient (Wildman–Crippen LogP) is 2.96. The first kappa shape index (κ1) is 12.3. The van der Waals surface area contributed by atoms with Crippen LogP contribution in [-0.4, -0.2) is 20.5 Å². The molecule has 2 heterocycles. The Hall–Kier alpha value is -2.69. The molecule has 0 radical (unpaired) electrons. The first-order chi connectivity index (χ1) is 9.65. The second kappa shape index (κ2) is 4.77. The van der Waals surface area contributed by atoms with Crippen molar-refractivity contribution in [3.63, 3.8) is 0 Å². The highest BCUT2D eigenvalue weighted by Gasteiger charge is 2.13. The van der Waals surface area contributed by atoms with Gasteiger partial charge in [-0.25, -0.2) is 0 Å². The lowest BCUT2D eigenvalue weighted by Crippen LogP contribution is -1.95. The molecule has 0 saturated carbocycles. The number of fused-ring (bicyclic) bond motifs is 1. The van der Waals surface area contributed by atoms with Gasteiger partial charge in [-0.1, -0.05) is 0 Å². The van der Waals surface area contributed by atoms with Gasteiger partial charge >= 0.3 is 0 Å². The molecular weight excluding hydrogens is 254 g/mol. The van der Waals surface area contributed by atoms with Crippen molar-refractivity contribution in [3.05, 3.63) is 48.4 Å². The fourth-order valence-corrected chi connectivity index (χ4v) is 2.10. The fourth-order valence-electron chi connectivity index (χ4n) is 2.10. The second-order valence-electron chi connectivity index (χ2n) is 4.50. The molecule has 5 nitrogen and oxygen atoms in total. The monoisotopic (exact) mass is 267 g/mol. The van der Waals surface area contributed by atoms with Crippen LogP contribution in [0, 0.1) is 0 Å². The molecule has 0 aliphatic carbocycles. The van der Waals surface area contributed by atoms with E-state index < -0.39 is 0 Å². The van der Waals surface area contributed by atoms with Crippen molar-refractivity contribution in [1.82, 2.24) is 14.8 Å². The molecule has 0 N–H and O–H groups in total. The highest BCUT2D eigenvalue weighted by atomic mass is 16.5. The molecule has 0 atom stereocenters. The minimum atomic E-state index is -0.0449. The van der Waals surface area contributed by atoms with Gasteiger partial charge in [0.15, 0.2) is 5.78 Å². The molecule has 2 aromatic heterocycles. The van der Waals surface area contributed by atoms with E-state index in [9.17, 15) is 4.79 Å². The van der Waals surface area contributed by atoms with Crippen molar-refractivity contribution in [2.24, 2.45) is 7.05 Å². The molecular formula is C15H13N3O2. The summed E-state index contributed by atoms with van der Waals surface area (Å²) in [7, 11) is 1.81. The van der Waals surface area contributed by atoms with Gasteiger partial charge in [0.2, 0.25) is 0 Å². The van der Waals surface area contributed by atoms with Gasteiger partial charge in [-0.3, -0.25) is 14.5 Å². The number of hydrogen-bond acceptors (Lipinski definition) is 4. The van der Waals surface area contributed by atoms with Gasteiger partial charge in [0, 0.05) is 31.6 Å². The molecule has 100 valence electrons. The normalized spacial score (nSPS) is 10.7. The van der Waals surface area contributed by atoms with Crippen LogP contribution < -0.4 is 4.74 Å². The maximum Gasteiger partial charge on any atom is 0.180 e. The standard InChI is InChI=1S/C15H13N3O2/c1-10(19)15-13-6-5-11(8-14(13)18(2)17-15)20-12-4-3-7-16-9-12/h3-9H,1-2H3. The van der Waals surface area contributed by atoms with Gasteiger partial charge in [0.1, 0.15) is 17.2 Å². The highest BCUT2D eigenvalue weighted by molar-refractivity contribution is 6.05. The molecule has 0 spiro atoms. The van der Waals surface area contributed by atoms with E-state index in [2.05, 4.69) is 10.1 Å². The predicted molar refractivity (Wildman–Crippen MR) is 75.0 cm³/mol. The fraction of sp³-hybridized carbons (Fsp3) is 0.133. The lowest BCUT2D eigenvalue weighted by atomic mass is 10.1. The third-order valence-corrected chi connectivity index (χ3v) is 3.03. The van der Waals surface area contributed by atoms with E-state index in [1.165, 1.54) is 6.92 Å². The zero-order valence-corrected chi connectivity index (χ0v) is 11.2. The number of carbonyl (C=O) groups excluding carboxylic acids is 1. The van der Waals surface area contributed by atoms with E-state index in [0.717, 1.165) is 10.9 Å². The van der Waals surface area contributed by atoms with Crippen molar-refractivity contribution in [2.45, 2.75) is 6.92 Å². The quantitative estimate of drug-likeness (QED) is 0.684. The van der Waals surface area contributed by atoms with E-state index >= 15 is 0 Å². The number of nitrogens with zero attached hydrogens (tertiary/aromatic N) is 3. The molecule has 3 rings (SSSR count). The molecule has 0 aliphatic heterocycles. The van der Waals surface area contributed by atoms with Crippen molar-refractivity contribution in [1.29, 1.82) is 0 Å². The minimum Gasteiger partial charge on any atom is -0.456 e. The van der Waals surface area contributed by atoms with E-state index in [0.29, 0.717) is 17.2 Å². The number of ether oxygens (including phenoxy) is 1. The topological polar surface area (TPSA) is 57.0 Å². The summed E-state index contributed by atoms with van der Waals surface area (Å²) in [5.41, 5.74) is 1.34. The lowest BCUT2D eigenvalue weighted by Gasteiger charge is -2.05. The smallest absolute Gasteiger partial charge is 0.180 e. The van der Waals surface area contributed by atoms with Gasteiger partial charge in [-0.05, 0) is 24.3 Å². The Balaban J connectivity index is 2.03. The molecule has 0 saturated heterocycles. The van der Waals surface area contributed by atoms with Crippen LogP contribution in [0.5, 0.6) is 11.5 Å². The SMILES string of the molecule is CC(=O)c1nn(C)c2cc(Oc3cccnc3)ccc12. The number of aryl methyl sites for hydroxylation is 1. The Morgan fingerprint density at radius 3 is 2.80 bits per heavy atom. The van der Waals surface area contributed by atoms with Crippen molar-refractivity contribution in [3.8, 4) is 11.5 Å². The van der Waals surface area contributed by atoms with E-state index in [-0.39, 0.29) is 5.78 Å². The largest absolute Gasteiger partial charge is 0.456 e. The molecule has 0 amide bonds. The van der Waals surface area contributed by atoms with Gasteiger partial charge < -0.3 is 4.74 Å². The van der Waals surface area contributed by atoms with Gasteiger partial charge in [-0.15, -0.1) is 0 Å². The number of pyridine rings is 1. The number of carbonyl (C=O) groups is 1. The minimum absolute atomic E-state index is 0.0449. The van der Waals surface area contributed by atoms with Crippen LogP contribution in [0.15, 0.2) is 42.7 Å². The molecule has 20 heavy (non-hydrogen) atoms. The Kier molecular flexibility index (Phi) is 2.95. The van der Waals surface area contributed by atoms with Crippen LogP contribution in [0.4, 0.5) is 0 Å². The highest BCUT2D eigenvalue weighted by Crippen LogP contribution is 2.26. The molecule has 0 aliphatic rings. The zero-order chi connectivity index (χ0) is 14.1. The molecule has 0 bridgehead atoms. The first-order valence-electron chi connectivity index (χ1n) is 6.21. The molecule has 0 unspecified atom stereocenters. The molecule has 5 heteroatoms. The summed E-state index contributed by atoms with van der Waals surface area (Å²) in [6, 6.07) is 9.18. The van der Waals surface area contributed by atoms with E-state index in [1.807, 2.05) is 37.4 Å². The molecule has 3 aromatic rings. The number of rotatable bonds is 3. The average Bonchev–Trinajstić information content (AvgIpc) is 2.77. The maximum atomic E-state index is 11.5. The van der Waals surface area contributed by atoms with Crippen molar-refractivity contribution >= 4 is 16.7 Å². The van der Waals surface area contributed by atoms with E-state index in [1.54, 1.807) is 17.1 Å². The Bertz CT molecular complexity index is 778. The zero-order valence-electron chi connectivity index (χ0n) is 11.2. The summed E-state index contributed by atoms with van der Waals surface area (Å²) in [6.45, 7) is 1.52. The van der Waals surface area contributed by atoms with Crippen LogP contribution in [-0.2, 0) is 7.05 Å². The summed E-state index contributed by atoms with van der Waals surface area (Å²) in [4.78, 5) is 15.5. The van der Waals surface area contributed by atoms with E-state index in [4.69, 9.17) is 4.74 Å². The Morgan fingerprint density at radius 2 is 2.10 bits per heavy atom. The van der Waals surface area contributed by atoms with Crippen molar-refractivity contribution in [2.75, 3.05) is 0 Å². The number of Topliss-reactive ketones (excluding diaryl/α,β-unsaturated/α-hetero) is 1. The number of hydrogen-bond donors (Lipinski definition) is 0. The van der Waals surface area contributed by atoms with Gasteiger partial charge in [0.25, 0.3) is 0 Å². The van der Waals surface area contributed by atoms with Crippen LogP contribution in [0.3, 0.4) is 0 Å². The second-order valence-corrected chi connectivity index (χ2v) is 4.50. The Labute approximate surface area is 115 Å². The number of aromatic nitrogens is 3. The summed E-state index contributed by atoms with van der Waals surface area (Å²) >= 11 is 0. The van der Waals surface area contributed by atoms with Crippen molar-refractivity contribution < 1.29 is 9.53 Å². The number of benzene rings is 1. The van der Waals surface area contributed by atoms with Crippen LogP contribution in [0.1, 0.15) is 17.4 Å². The average molecular weight is 267 g/mol. The number of ketones is 1. The third kappa shape index (κ3) is 2.14. The summed E-state index contributed by atoms with van der Waals surface area (Å²) in [6.07, 6.45) is 3.34. The van der Waals surface area contributed by atoms with Gasteiger partial charge in [0.05, 0.1) is 11.7 Å². The molecule has 1 aromatic carbocycles. The summed E-state index contributed by atoms with van der Waals surface area (Å²) < 4.78 is 7.41. The lowest BCUT2D eigenvalue weighted by molar-refractivity contribution is 0.101. The van der Waals surface area contributed by atoms with Crippen LogP contribution >= 0.6 is 0 Å². The third-order valence-electron chi connectivity index (χ3n) is 3.03. The first-order valence-corrected chi connectivity index (χ1v) is 6.21. The van der Waals surface area contributed by atoms with Gasteiger partial charge in [-0.2, -0.15) is 5.10 Å². The van der Waals surface area contributed by atoms with Crippen LogP contribution in [0.25, 0.3) is 10.9 Å². The van der Waals surface area contributed by atoms with Crippen LogP contribution in [0.2, 0.25) is 0 Å².